The Balaban J connectivity index is 2.07. The van der Waals surface area contributed by atoms with E-state index in [1.807, 2.05) is 0 Å². The number of hydrogen-bond acceptors (Lipinski definition) is 5. The Labute approximate surface area is 82.5 Å². The molecule has 1 aromatic rings. The molecule has 2 heterocycles. The van der Waals surface area contributed by atoms with Crippen LogP contribution in [0.3, 0.4) is 0 Å². The van der Waals surface area contributed by atoms with Gasteiger partial charge in [0.05, 0.1) is 0 Å². The van der Waals surface area contributed by atoms with Crippen molar-refractivity contribution in [2.24, 2.45) is 0 Å². The van der Waals surface area contributed by atoms with Crippen LogP contribution < -0.4 is 5.32 Å². The largest absolute Gasteiger partial charge is 0.384 e. The van der Waals surface area contributed by atoms with Gasteiger partial charge in [0.15, 0.2) is 5.82 Å². The first-order valence-corrected chi connectivity index (χ1v) is 4.99. The highest BCUT2D eigenvalue weighted by Crippen LogP contribution is 2.23. The molecule has 1 fully saturated rings. The summed E-state index contributed by atoms with van der Waals surface area (Å²) in [5.74, 6) is 1.44. The van der Waals surface area contributed by atoms with E-state index in [4.69, 9.17) is 4.52 Å². The molecule has 1 atom stereocenters. The second-order valence-electron chi connectivity index (χ2n) is 3.69. The maximum Gasteiger partial charge on any atom is 0.255 e. The van der Waals surface area contributed by atoms with Gasteiger partial charge in [0.2, 0.25) is 0 Å². The summed E-state index contributed by atoms with van der Waals surface area (Å²) in [4.78, 5) is 4.18. The van der Waals surface area contributed by atoms with E-state index in [-0.39, 0.29) is 0 Å². The lowest BCUT2D eigenvalue weighted by Crippen LogP contribution is -2.27. The molecule has 0 aromatic carbocycles. The molecule has 0 aliphatic carbocycles. The van der Waals surface area contributed by atoms with Gasteiger partial charge in [0, 0.05) is 5.92 Å². The Morgan fingerprint density at radius 3 is 2.79 bits per heavy atom. The fraction of sp³-hybridized carbons (Fsp3) is 0.778. The van der Waals surface area contributed by atoms with Crippen LogP contribution in [0.5, 0.6) is 0 Å². The number of nitrogens with one attached hydrogen (secondary N) is 1. The second-order valence-corrected chi connectivity index (χ2v) is 3.69. The maximum absolute atomic E-state index is 9.23. The molecule has 1 aliphatic rings. The van der Waals surface area contributed by atoms with Crippen molar-refractivity contribution in [1.82, 2.24) is 15.5 Å². The molecule has 0 saturated carbocycles. The molecule has 0 spiro atoms. The summed E-state index contributed by atoms with van der Waals surface area (Å²) in [5.41, 5.74) is 0. The summed E-state index contributed by atoms with van der Waals surface area (Å²) in [6.45, 7) is 3.63. The summed E-state index contributed by atoms with van der Waals surface area (Å²) in [7, 11) is 0. The van der Waals surface area contributed by atoms with Gasteiger partial charge in [-0.2, -0.15) is 4.98 Å². The Bertz CT molecular complexity index is 292. The van der Waals surface area contributed by atoms with E-state index >= 15 is 0 Å². The van der Waals surface area contributed by atoms with Crippen molar-refractivity contribution in [2.75, 3.05) is 13.1 Å². The lowest BCUT2D eigenvalue weighted by molar-refractivity contribution is 0.151. The zero-order chi connectivity index (χ0) is 9.97. The van der Waals surface area contributed by atoms with Crippen LogP contribution in [0.15, 0.2) is 4.52 Å². The molecule has 0 radical (unpaired) electrons. The molecule has 1 aromatic heterocycles. The number of aromatic nitrogens is 2. The van der Waals surface area contributed by atoms with Gasteiger partial charge >= 0.3 is 0 Å². The second kappa shape index (κ2) is 4.06. The zero-order valence-electron chi connectivity index (χ0n) is 8.23. The smallest absolute Gasteiger partial charge is 0.255 e. The molecular formula is C9H15N3O2. The monoisotopic (exact) mass is 197 g/mol. The van der Waals surface area contributed by atoms with Crippen molar-refractivity contribution in [1.29, 1.82) is 0 Å². The minimum Gasteiger partial charge on any atom is -0.384 e. The molecule has 0 amide bonds. The van der Waals surface area contributed by atoms with Crippen molar-refractivity contribution >= 4 is 0 Å². The van der Waals surface area contributed by atoms with E-state index in [0.29, 0.717) is 11.8 Å². The van der Waals surface area contributed by atoms with Crippen LogP contribution >= 0.6 is 0 Å². The van der Waals surface area contributed by atoms with E-state index in [1.54, 1.807) is 6.92 Å². The number of nitrogens with zero attached hydrogens (tertiary/aromatic N) is 2. The number of aliphatic hydroxyl groups excluding tert-OH is 1. The first-order valence-electron chi connectivity index (χ1n) is 4.99. The molecule has 2 rings (SSSR count). The molecule has 5 heteroatoms. The average molecular weight is 197 g/mol. The molecule has 14 heavy (non-hydrogen) atoms. The van der Waals surface area contributed by atoms with E-state index in [9.17, 15) is 5.11 Å². The third-order valence-corrected chi connectivity index (χ3v) is 2.52. The predicted octanol–water partition coefficient (Wildman–Crippen LogP) is 0.590. The van der Waals surface area contributed by atoms with Gasteiger partial charge in [-0.05, 0) is 32.9 Å². The first kappa shape index (κ1) is 9.61. The standard InChI is InChI=1S/C9H15N3O2/c1-6(13)9-11-8(12-14-9)7-2-4-10-5-3-7/h6-7,10,13H,2-5H2,1H3. The minimum absolute atomic E-state index is 0.318. The number of aliphatic hydroxyl groups is 1. The maximum atomic E-state index is 9.23. The van der Waals surface area contributed by atoms with Gasteiger partial charge in [0.25, 0.3) is 5.89 Å². The molecule has 1 saturated heterocycles. The van der Waals surface area contributed by atoms with E-state index in [0.717, 1.165) is 31.8 Å². The average Bonchev–Trinajstić information content (AvgIpc) is 2.68. The van der Waals surface area contributed by atoms with Crippen LogP contribution in [0.1, 0.15) is 43.5 Å². The van der Waals surface area contributed by atoms with Crippen LogP contribution in [0, 0.1) is 0 Å². The fourth-order valence-corrected chi connectivity index (χ4v) is 1.66. The Morgan fingerprint density at radius 2 is 2.21 bits per heavy atom. The van der Waals surface area contributed by atoms with Crippen LogP contribution in [0.25, 0.3) is 0 Å². The van der Waals surface area contributed by atoms with Crippen molar-refractivity contribution in [3.05, 3.63) is 11.7 Å². The topological polar surface area (TPSA) is 71.2 Å². The van der Waals surface area contributed by atoms with Crippen LogP contribution in [-0.2, 0) is 0 Å². The van der Waals surface area contributed by atoms with Crippen LogP contribution in [0.2, 0.25) is 0 Å². The number of hydrogen-bond donors (Lipinski definition) is 2. The summed E-state index contributed by atoms with van der Waals surface area (Å²) in [5, 5.41) is 16.4. The van der Waals surface area contributed by atoms with Gasteiger partial charge in [-0.3, -0.25) is 0 Å². The Hall–Kier alpha value is -0.940. The first-order chi connectivity index (χ1) is 6.77. The van der Waals surface area contributed by atoms with Crippen LogP contribution in [0.4, 0.5) is 0 Å². The Kier molecular flexibility index (Phi) is 2.79. The molecule has 2 N–H and O–H groups in total. The normalized spacial score (nSPS) is 21.0. The predicted molar refractivity (Wildman–Crippen MR) is 49.8 cm³/mol. The minimum atomic E-state index is -0.669. The number of rotatable bonds is 2. The summed E-state index contributed by atoms with van der Waals surface area (Å²) in [6, 6.07) is 0. The van der Waals surface area contributed by atoms with Crippen molar-refractivity contribution in [3.63, 3.8) is 0 Å². The van der Waals surface area contributed by atoms with E-state index in [1.165, 1.54) is 0 Å². The third-order valence-electron chi connectivity index (χ3n) is 2.52. The third kappa shape index (κ3) is 1.93. The van der Waals surface area contributed by atoms with Gasteiger partial charge in [0.1, 0.15) is 6.10 Å². The SMILES string of the molecule is CC(O)c1nc(C2CCNCC2)no1. The number of piperidine rings is 1. The summed E-state index contributed by atoms with van der Waals surface area (Å²) >= 11 is 0. The zero-order valence-corrected chi connectivity index (χ0v) is 8.23. The molecule has 5 nitrogen and oxygen atoms in total. The van der Waals surface area contributed by atoms with Gasteiger partial charge in [-0.15, -0.1) is 0 Å². The lowest BCUT2D eigenvalue weighted by atomic mass is 9.98. The van der Waals surface area contributed by atoms with Gasteiger partial charge in [-0.25, -0.2) is 0 Å². The highest BCUT2D eigenvalue weighted by atomic mass is 16.5. The molecule has 78 valence electrons. The molecular weight excluding hydrogens is 182 g/mol. The molecule has 0 bridgehead atoms. The molecule has 1 aliphatic heterocycles. The van der Waals surface area contributed by atoms with Crippen molar-refractivity contribution < 1.29 is 9.63 Å². The summed E-state index contributed by atoms with van der Waals surface area (Å²) < 4.78 is 4.95. The van der Waals surface area contributed by atoms with Gasteiger partial charge in [-0.1, -0.05) is 5.16 Å². The van der Waals surface area contributed by atoms with E-state index in [2.05, 4.69) is 15.5 Å². The fourth-order valence-electron chi connectivity index (χ4n) is 1.66. The van der Waals surface area contributed by atoms with Crippen molar-refractivity contribution in [3.8, 4) is 0 Å². The highest BCUT2D eigenvalue weighted by molar-refractivity contribution is 4.98. The van der Waals surface area contributed by atoms with E-state index < -0.39 is 6.10 Å². The van der Waals surface area contributed by atoms with Crippen LogP contribution in [-0.4, -0.2) is 28.3 Å². The van der Waals surface area contributed by atoms with Crippen molar-refractivity contribution in [2.45, 2.75) is 31.8 Å². The Morgan fingerprint density at radius 1 is 1.50 bits per heavy atom. The van der Waals surface area contributed by atoms with Gasteiger partial charge < -0.3 is 14.9 Å². The highest BCUT2D eigenvalue weighted by Gasteiger charge is 2.21. The quantitative estimate of drug-likeness (QED) is 0.726. The molecule has 1 unspecified atom stereocenters. The lowest BCUT2D eigenvalue weighted by Gasteiger charge is -2.18. The summed E-state index contributed by atoms with van der Waals surface area (Å²) in [6.07, 6.45) is 1.41.